The molecule has 6 nitrogen and oxygen atoms in total. The number of nitrogens with one attached hydrogen (secondary N) is 1. The number of sulfonamides is 1. The first-order valence-corrected chi connectivity index (χ1v) is 9.90. The molecule has 0 aliphatic carbocycles. The lowest BCUT2D eigenvalue weighted by Crippen LogP contribution is -2.32. The van der Waals surface area contributed by atoms with Crippen LogP contribution in [0.1, 0.15) is 16.1 Å². The monoisotopic (exact) mass is 446 g/mol. The summed E-state index contributed by atoms with van der Waals surface area (Å²) in [5, 5.41) is -0.146. The van der Waals surface area contributed by atoms with Gasteiger partial charge in [-0.3, -0.25) is 4.79 Å². The summed E-state index contributed by atoms with van der Waals surface area (Å²) in [5.41, 5.74) is -0.393. The lowest BCUT2D eigenvalue weighted by Gasteiger charge is -2.14. The molecule has 0 atom stereocenters. The molecule has 2 aromatic carbocycles. The van der Waals surface area contributed by atoms with Crippen LogP contribution in [0.25, 0.3) is 11.0 Å². The van der Waals surface area contributed by atoms with Crippen molar-refractivity contribution in [3.05, 3.63) is 58.8 Å². The third-order valence-corrected chi connectivity index (χ3v) is 5.87. The minimum atomic E-state index is -4.99. The number of benzene rings is 2. The highest BCUT2D eigenvalue weighted by Gasteiger charge is 2.39. The number of hydrogen-bond donors (Lipinski definition) is 1. The Morgan fingerprint density at radius 3 is 2.45 bits per heavy atom. The smallest absolute Gasteiger partial charge is 0.417 e. The first-order valence-electron chi connectivity index (χ1n) is 8.04. The van der Waals surface area contributed by atoms with Gasteiger partial charge in [0.25, 0.3) is 10.0 Å². The molecule has 29 heavy (non-hydrogen) atoms. The third-order valence-electron chi connectivity index (χ3n) is 4.01. The van der Waals surface area contributed by atoms with Crippen LogP contribution in [0.2, 0.25) is 5.02 Å². The van der Waals surface area contributed by atoms with Crippen molar-refractivity contribution in [1.82, 2.24) is 4.72 Å². The van der Waals surface area contributed by atoms with Crippen molar-refractivity contribution in [3.8, 4) is 0 Å². The molecule has 1 heterocycles. The summed E-state index contributed by atoms with van der Waals surface area (Å²) in [6, 6.07) is 8.86. The van der Waals surface area contributed by atoms with Crippen LogP contribution in [-0.2, 0) is 16.2 Å². The average Bonchev–Trinajstić information content (AvgIpc) is 3.03. The fraction of sp³-hybridized carbons (Fsp3) is 0.167. The van der Waals surface area contributed by atoms with Crippen LogP contribution in [0.5, 0.6) is 0 Å². The maximum absolute atomic E-state index is 13.2. The van der Waals surface area contributed by atoms with Gasteiger partial charge in [-0.05, 0) is 30.3 Å². The molecule has 154 valence electrons. The molecule has 1 aromatic heterocycles. The van der Waals surface area contributed by atoms with Gasteiger partial charge in [0.1, 0.15) is 10.5 Å². The average molecular weight is 447 g/mol. The Kier molecular flexibility index (Phi) is 5.26. The van der Waals surface area contributed by atoms with Gasteiger partial charge in [-0.25, -0.2) is 13.1 Å². The number of carbonyl (C=O) groups is 1. The minimum Gasteiger partial charge on any atom is -0.451 e. The van der Waals surface area contributed by atoms with Crippen LogP contribution in [0.15, 0.2) is 51.8 Å². The van der Waals surface area contributed by atoms with Crippen molar-refractivity contribution < 1.29 is 30.8 Å². The zero-order valence-electron chi connectivity index (χ0n) is 15.0. The zero-order valence-corrected chi connectivity index (χ0v) is 16.6. The molecule has 0 saturated heterocycles. The molecule has 0 saturated carbocycles. The second kappa shape index (κ2) is 7.27. The Bertz CT molecular complexity index is 1200. The molecule has 0 spiro atoms. The van der Waals surface area contributed by atoms with Crippen LogP contribution in [0.4, 0.5) is 18.9 Å². The van der Waals surface area contributed by atoms with E-state index >= 15 is 0 Å². The lowest BCUT2D eigenvalue weighted by atomic mass is 10.2. The molecule has 0 bridgehead atoms. The Hall–Kier alpha value is -2.72. The molecule has 3 aromatic rings. The molecule has 1 amide bonds. The number of furan rings is 1. The van der Waals surface area contributed by atoms with E-state index in [-0.39, 0.29) is 5.76 Å². The molecule has 0 aliphatic heterocycles. The largest absolute Gasteiger partial charge is 0.451 e. The number of alkyl halides is 3. The van der Waals surface area contributed by atoms with Crippen molar-refractivity contribution in [2.24, 2.45) is 0 Å². The lowest BCUT2D eigenvalue weighted by molar-refractivity contribution is -0.139. The van der Waals surface area contributed by atoms with E-state index < -0.39 is 37.6 Å². The number of fused-ring (bicyclic) bond motifs is 1. The zero-order chi connectivity index (χ0) is 21.6. The van der Waals surface area contributed by atoms with Gasteiger partial charge in [0.05, 0.1) is 10.6 Å². The van der Waals surface area contributed by atoms with Crippen molar-refractivity contribution >= 4 is 44.2 Å². The van der Waals surface area contributed by atoms with Gasteiger partial charge >= 0.3 is 12.1 Å². The van der Waals surface area contributed by atoms with Crippen LogP contribution < -0.4 is 9.62 Å². The predicted octanol–water partition coefficient (Wildman–Crippen LogP) is 4.29. The van der Waals surface area contributed by atoms with Gasteiger partial charge in [0.2, 0.25) is 0 Å². The normalized spacial score (nSPS) is 12.2. The quantitative estimate of drug-likeness (QED) is 0.646. The fourth-order valence-electron chi connectivity index (χ4n) is 2.64. The number of anilines is 1. The second-order valence-electron chi connectivity index (χ2n) is 6.28. The van der Waals surface area contributed by atoms with Crippen LogP contribution >= 0.6 is 11.6 Å². The number of amides is 1. The SMILES string of the molecule is CN(C)c1ccc2cc(C(=O)NS(=O)(=O)c3c(Cl)cccc3C(F)(F)F)oc2c1. The highest BCUT2D eigenvalue weighted by atomic mass is 35.5. The summed E-state index contributed by atoms with van der Waals surface area (Å²) < 4.78 is 71.6. The summed E-state index contributed by atoms with van der Waals surface area (Å²) in [6.07, 6.45) is -4.99. The first-order chi connectivity index (χ1) is 13.4. The summed E-state index contributed by atoms with van der Waals surface area (Å²) in [6.45, 7) is 0. The van der Waals surface area contributed by atoms with E-state index in [4.69, 9.17) is 16.0 Å². The van der Waals surface area contributed by atoms with Crippen LogP contribution in [0, 0.1) is 0 Å². The van der Waals surface area contributed by atoms with Gasteiger partial charge < -0.3 is 9.32 Å². The predicted molar refractivity (Wildman–Crippen MR) is 102 cm³/mol. The fourth-order valence-corrected chi connectivity index (χ4v) is 4.36. The van der Waals surface area contributed by atoms with Gasteiger partial charge in [-0.2, -0.15) is 13.2 Å². The Morgan fingerprint density at radius 2 is 1.83 bits per heavy atom. The molecule has 1 N–H and O–H groups in total. The Morgan fingerprint density at radius 1 is 1.14 bits per heavy atom. The number of rotatable bonds is 4. The van der Waals surface area contributed by atoms with E-state index in [0.29, 0.717) is 17.0 Å². The van der Waals surface area contributed by atoms with E-state index in [1.54, 1.807) is 41.9 Å². The van der Waals surface area contributed by atoms with Gasteiger partial charge in [0.15, 0.2) is 5.76 Å². The topological polar surface area (TPSA) is 79.6 Å². The number of halogens is 4. The Labute approximate surface area is 168 Å². The first kappa shape index (κ1) is 21.0. The van der Waals surface area contributed by atoms with E-state index in [1.807, 2.05) is 0 Å². The van der Waals surface area contributed by atoms with Crippen LogP contribution in [-0.4, -0.2) is 28.4 Å². The second-order valence-corrected chi connectivity index (χ2v) is 8.30. The summed E-state index contributed by atoms with van der Waals surface area (Å²) in [4.78, 5) is 12.9. The van der Waals surface area contributed by atoms with Gasteiger partial charge in [-0.1, -0.05) is 17.7 Å². The molecular formula is C18H14ClF3N2O4S. The standard InChI is InChI=1S/C18H14ClF3N2O4S/c1-24(2)11-7-6-10-8-15(28-14(10)9-11)17(25)23-29(26,27)16-12(18(20,21)22)4-3-5-13(16)19/h3-9H,1-2H3,(H,23,25). The highest BCUT2D eigenvalue weighted by molar-refractivity contribution is 7.90. The molecular weight excluding hydrogens is 433 g/mol. The van der Waals surface area contributed by atoms with Crippen molar-refractivity contribution in [1.29, 1.82) is 0 Å². The molecule has 0 aliphatic rings. The van der Waals surface area contributed by atoms with Gasteiger partial charge in [-0.15, -0.1) is 0 Å². The summed E-state index contributed by atoms with van der Waals surface area (Å²) in [7, 11) is -1.34. The van der Waals surface area contributed by atoms with Crippen molar-refractivity contribution in [2.75, 3.05) is 19.0 Å². The molecule has 3 rings (SSSR count). The van der Waals surface area contributed by atoms with E-state index in [0.717, 1.165) is 17.8 Å². The van der Waals surface area contributed by atoms with Gasteiger partial charge in [0, 0.05) is 31.2 Å². The van der Waals surface area contributed by atoms with E-state index in [2.05, 4.69) is 0 Å². The van der Waals surface area contributed by atoms with Crippen LogP contribution in [0.3, 0.4) is 0 Å². The minimum absolute atomic E-state index is 0.312. The van der Waals surface area contributed by atoms with E-state index in [1.165, 1.54) is 6.07 Å². The maximum atomic E-state index is 13.2. The molecule has 0 radical (unpaired) electrons. The molecule has 0 fully saturated rings. The molecule has 0 unspecified atom stereocenters. The van der Waals surface area contributed by atoms with Crippen molar-refractivity contribution in [2.45, 2.75) is 11.1 Å². The highest BCUT2D eigenvalue weighted by Crippen LogP contribution is 2.37. The molecule has 11 heteroatoms. The Balaban J connectivity index is 1.98. The summed E-state index contributed by atoms with van der Waals surface area (Å²) in [5.74, 6) is -1.60. The summed E-state index contributed by atoms with van der Waals surface area (Å²) >= 11 is 5.70. The number of nitrogens with zero attached hydrogens (tertiary/aromatic N) is 1. The van der Waals surface area contributed by atoms with Crippen molar-refractivity contribution in [3.63, 3.8) is 0 Å². The maximum Gasteiger partial charge on any atom is 0.417 e. The number of carbonyl (C=O) groups excluding carboxylic acids is 1. The number of hydrogen-bond acceptors (Lipinski definition) is 5. The third kappa shape index (κ3) is 4.18. The van der Waals surface area contributed by atoms with E-state index in [9.17, 15) is 26.4 Å².